The Balaban J connectivity index is 1.84. The highest BCUT2D eigenvalue weighted by molar-refractivity contribution is 5.48. The molecule has 0 aliphatic heterocycles. The van der Waals surface area contributed by atoms with Crippen molar-refractivity contribution in [2.75, 3.05) is 11.9 Å². The molecule has 0 aromatic heterocycles. The smallest absolute Gasteiger partial charge is 0.121 e. The molecule has 0 spiro atoms. The van der Waals surface area contributed by atoms with Crippen molar-refractivity contribution in [3.63, 3.8) is 0 Å². The van der Waals surface area contributed by atoms with Gasteiger partial charge in [-0.25, -0.2) is 0 Å². The van der Waals surface area contributed by atoms with E-state index in [9.17, 15) is 0 Å². The molecule has 0 bridgehead atoms. The minimum Gasteiger partial charge on any atom is -0.494 e. The lowest BCUT2D eigenvalue weighted by Crippen LogP contribution is -2.27. The third-order valence-corrected chi connectivity index (χ3v) is 4.39. The van der Waals surface area contributed by atoms with Crippen LogP contribution in [0.4, 0.5) is 5.69 Å². The van der Waals surface area contributed by atoms with Crippen LogP contribution in [0.25, 0.3) is 0 Å². The first-order valence-electron chi connectivity index (χ1n) is 8.18. The molecule has 1 saturated carbocycles. The highest BCUT2D eigenvalue weighted by Gasteiger charge is 2.22. The Bertz CT molecular complexity index is 394. The summed E-state index contributed by atoms with van der Waals surface area (Å²) >= 11 is 0. The highest BCUT2D eigenvalue weighted by atomic mass is 16.5. The maximum atomic E-state index is 5.69. The molecule has 1 fully saturated rings. The van der Waals surface area contributed by atoms with E-state index >= 15 is 0 Å². The number of hydrogen-bond donors (Lipinski definition) is 1. The van der Waals surface area contributed by atoms with Gasteiger partial charge in [0.2, 0.25) is 0 Å². The molecule has 0 saturated heterocycles. The van der Waals surface area contributed by atoms with Gasteiger partial charge in [0.1, 0.15) is 5.75 Å². The largest absolute Gasteiger partial charge is 0.494 e. The van der Waals surface area contributed by atoms with Crippen molar-refractivity contribution in [2.24, 2.45) is 11.8 Å². The lowest BCUT2D eigenvalue weighted by atomic mass is 9.79. The number of ether oxygens (including phenoxy) is 1. The maximum Gasteiger partial charge on any atom is 0.121 e. The zero-order chi connectivity index (χ0) is 14.4. The highest BCUT2D eigenvalue weighted by Crippen LogP contribution is 2.31. The van der Waals surface area contributed by atoms with E-state index in [1.165, 1.54) is 31.4 Å². The van der Waals surface area contributed by atoms with Crippen LogP contribution in [0.15, 0.2) is 24.3 Å². The van der Waals surface area contributed by atoms with Gasteiger partial charge in [-0.05, 0) is 56.1 Å². The monoisotopic (exact) mass is 275 g/mol. The van der Waals surface area contributed by atoms with Crippen LogP contribution in [0.1, 0.15) is 52.9 Å². The van der Waals surface area contributed by atoms with E-state index < -0.39 is 0 Å². The lowest BCUT2D eigenvalue weighted by molar-refractivity contribution is 0.267. The zero-order valence-corrected chi connectivity index (χ0v) is 13.2. The lowest BCUT2D eigenvalue weighted by Gasteiger charge is -2.31. The van der Waals surface area contributed by atoms with Gasteiger partial charge < -0.3 is 10.1 Å². The number of rotatable bonds is 6. The number of hydrogen-bond acceptors (Lipinski definition) is 2. The van der Waals surface area contributed by atoms with Gasteiger partial charge >= 0.3 is 0 Å². The molecule has 2 nitrogen and oxygen atoms in total. The van der Waals surface area contributed by atoms with Gasteiger partial charge in [-0.15, -0.1) is 0 Å². The van der Waals surface area contributed by atoms with Crippen molar-refractivity contribution >= 4 is 5.69 Å². The molecule has 112 valence electrons. The summed E-state index contributed by atoms with van der Waals surface area (Å²) in [5, 5.41) is 3.68. The van der Waals surface area contributed by atoms with Crippen molar-refractivity contribution in [1.82, 2.24) is 0 Å². The molecule has 2 heteroatoms. The van der Waals surface area contributed by atoms with Crippen LogP contribution in [0.2, 0.25) is 0 Å². The Morgan fingerprint density at radius 1 is 1.20 bits per heavy atom. The van der Waals surface area contributed by atoms with E-state index in [4.69, 9.17) is 4.74 Å². The molecule has 1 N–H and O–H groups in total. The number of anilines is 1. The fourth-order valence-electron chi connectivity index (χ4n) is 3.06. The van der Waals surface area contributed by atoms with Crippen molar-refractivity contribution in [3.05, 3.63) is 24.3 Å². The van der Waals surface area contributed by atoms with E-state index in [0.29, 0.717) is 6.04 Å². The molecule has 0 radical (unpaired) electrons. The average molecular weight is 275 g/mol. The molecule has 2 rings (SSSR count). The first kappa shape index (κ1) is 15.2. The van der Waals surface area contributed by atoms with Gasteiger partial charge in [0.05, 0.1) is 6.61 Å². The summed E-state index contributed by atoms with van der Waals surface area (Å²) in [5.74, 6) is 2.74. The molecule has 0 atom stereocenters. The summed E-state index contributed by atoms with van der Waals surface area (Å²) in [4.78, 5) is 0. The molecular weight excluding hydrogens is 246 g/mol. The quantitative estimate of drug-likeness (QED) is 0.779. The summed E-state index contributed by atoms with van der Waals surface area (Å²) in [5.41, 5.74) is 1.20. The molecular formula is C18H29NO. The summed E-state index contributed by atoms with van der Waals surface area (Å²) in [6.45, 7) is 7.64. The van der Waals surface area contributed by atoms with Crippen LogP contribution >= 0.6 is 0 Å². The van der Waals surface area contributed by atoms with Gasteiger partial charge in [0.15, 0.2) is 0 Å². The van der Waals surface area contributed by atoms with Crippen LogP contribution in [-0.2, 0) is 0 Å². The standard InChI is InChI=1S/C18H29NO/c1-4-12-20-18-7-5-6-17(13-18)19-16-10-8-15(9-11-16)14(2)3/h5-7,13-16,19H,4,8-12H2,1-3H3. The topological polar surface area (TPSA) is 21.3 Å². The summed E-state index contributed by atoms with van der Waals surface area (Å²) in [6, 6.07) is 9.02. The fraction of sp³-hybridized carbons (Fsp3) is 0.667. The molecule has 0 amide bonds. The molecule has 1 aromatic rings. The minimum atomic E-state index is 0.631. The van der Waals surface area contributed by atoms with E-state index in [1.807, 2.05) is 6.07 Å². The van der Waals surface area contributed by atoms with Crippen LogP contribution in [-0.4, -0.2) is 12.6 Å². The van der Waals surface area contributed by atoms with Gasteiger partial charge in [-0.1, -0.05) is 26.8 Å². The minimum absolute atomic E-state index is 0.631. The zero-order valence-electron chi connectivity index (χ0n) is 13.2. The second-order valence-corrected chi connectivity index (χ2v) is 6.38. The third-order valence-electron chi connectivity index (χ3n) is 4.39. The molecule has 1 aliphatic carbocycles. The molecule has 20 heavy (non-hydrogen) atoms. The van der Waals surface area contributed by atoms with Crippen molar-refractivity contribution in [3.8, 4) is 5.75 Å². The first-order valence-corrected chi connectivity index (χ1v) is 8.18. The predicted molar refractivity (Wildman–Crippen MR) is 86.4 cm³/mol. The fourth-order valence-corrected chi connectivity index (χ4v) is 3.06. The normalized spacial score (nSPS) is 22.8. The van der Waals surface area contributed by atoms with Gasteiger partial charge in [0.25, 0.3) is 0 Å². The summed E-state index contributed by atoms with van der Waals surface area (Å²) in [7, 11) is 0. The maximum absolute atomic E-state index is 5.69. The van der Waals surface area contributed by atoms with Gasteiger partial charge in [-0.3, -0.25) is 0 Å². The SMILES string of the molecule is CCCOc1cccc(NC2CCC(C(C)C)CC2)c1. The van der Waals surface area contributed by atoms with E-state index in [-0.39, 0.29) is 0 Å². The summed E-state index contributed by atoms with van der Waals surface area (Å²) < 4.78 is 5.69. The molecule has 0 heterocycles. The first-order chi connectivity index (χ1) is 9.69. The Kier molecular flexibility index (Phi) is 5.75. The average Bonchev–Trinajstić information content (AvgIpc) is 2.46. The van der Waals surface area contributed by atoms with Crippen LogP contribution < -0.4 is 10.1 Å². The number of nitrogens with one attached hydrogen (secondary N) is 1. The van der Waals surface area contributed by atoms with E-state index in [2.05, 4.69) is 44.3 Å². The van der Waals surface area contributed by atoms with Gasteiger partial charge in [-0.2, -0.15) is 0 Å². The Hall–Kier alpha value is -1.18. The second-order valence-electron chi connectivity index (χ2n) is 6.38. The second kappa shape index (κ2) is 7.56. The van der Waals surface area contributed by atoms with Crippen molar-refractivity contribution < 1.29 is 4.74 Å². The Morgan fingerprint density at radius 2 is 1.95 bits per heavy atom. The molecule has 1 aromatic carbocycles. The predicted octanol–water partition coefficient (Wildman–Crippen LogP) is 5.10. The van der Waals surface area contributed by atoms with Crippen LogP contribution in [0.3, 0.4) is 0 Å². The van der Waals surface area contributed by atoms with Gasteiger partial charge in [0, 0.05) is 17.8 Å². The van der Waals surface area contributed by atoms with Crippen molar-refractivity contribution in [1.29, 1.82) is 0 Å². The van der Waals surface area contributed by atoms with Crippen molar-refractivity contribution in [2.45, 2.75) is 58.9 Å². The van der Waals surface area contributed by atoms with E-state index in [1.54, 1.807) is 0 Å². The third kappa shape index (κ3) is 4.43. The van der Waals surface area contributed by atoms with Crippen LogP contribution in [0.5, 0.6) is 5.75 Å². The van der Waals surface area contributed by atoms with E-state index in [0.717, 1.165) is 30.6 Å². The Morgan fingerprint density at radius 3 is 2.60 bits per heavy atom. The Labute approximate surface area is 123 Å². The van der Waals surface area contributed by atoms with Crippen LogP contribution in [0, 0.1) is 11.8 Å². The number of benzene rings is 1. The molecule has 1 aliphatic rings. The molecule has 0 unspecified atom stereocenters. The summed E-state index contributed by atoms with van der Waals surface area (Å²) in [6.07, 6.45) is 6.37.